The fourth-order valence-corrected chi connectivity index (χ4v) is 3.61. The van der Waals surface area contributed by atoms with Gasteiger partial charge in [-0.25, -0.2) is 0 Å². The highest BCUT2D eigenvalue weighted by atomic mass is 16.5. The second-order valence-corrected chi connectivity index (χ2v) is 6.22. The third kappa shape index (κ3) is 3.32. The first-order chi connectivity index (χ1) is 11.4. The van der Waals surface area contributed by atoms with Crippen molar-refractivity contribution in [3.63, 3.8) is 0 Å². The van der Waals surface area contributed by atoms with Crippen LogP contribution in [0.15, 0.2) is 47.2 Å². The molecule has 2 fully saturated rings. The van der Waals surface area contributed by atoms with E-state index in [0.29, 0.717) is 12.6 Å². The Hall–Kier alpha value is -1.69. The minimum absolute atomic E-state index is 0.0947. The molecule has 2 aliphatic rings. The maximum atomic E-state index is 6.15. The van der Waals surface area contributed by atoms with Gasteiger partial charge in [0, 0.05) is 25.4 Å². The lowest BCUT2D eigenvalue weighted by Crippen LogP contribution is -2.41. The smallest absolute Gasteiger partial charge is 0.117 e. The number of furan rings is 1. The van der Waals surface area contributed by atoms with Crippen molar-refractivity contribution in [3.8, 4) is 0 Å². The normalized spacial score (nSPS) is 27.9. The zero-order valence-corrected chi connectivity index (χ0v) is 13.1. The Bertz CT molecular complexity index is 602. The molecule has 0 saturated carbocycles. The van der Waals surface area contributed by atoms with Gasteiger partial charge in [-0.3, -0.25) is 9.88 Å². The average molecular weight is 314 g/mol. The summed E-state index contributed by atoms with van der Waals surface area (Å²) < 4.78 is 17.7. The van der Waals surface area contributed by atoms with E-state index in [0.717, 1.165) is 44.0 Å². The number of nitrogens with zero attached hydrogens (tertiary/aromatic N) is 2. The topological polar surface area (TPSA) is 47.7 Å². The van der Waals surface area contributed by atoms with E-state index >= 15 is 0 Å². The molecule has 0 unspecified atom stereocenters. The zero-order chi connectivity index (χ0) is 15.5. The van der Waals surface area contributed by atoms with E-state index in [9.17, 15) is 0 Å². The van der Waals surface area contributed by atoms with Gasteiger partial charge in [0.15, 0.2) is 0 Å². The fraction of sp³-hybridized carbons (Fsp3) is 0.500. The lowest BCUT2D eigenvalue weighted by atomic mass is 10.0. The minimum atomic E-state index is 0.0947. The van der Waals surface area contributed by atoms with Crippen molar-refractivity contribution in [1.82, 2.24) is 9.88 Å². The summed E-state index contributed by atoms with van der Waals surface area (Å²) in [5.41, 5.74) is 0.962. The number of fused-ring (bicyclic) bond motifs is 1. The molecule has 2 aliphatic heterocycles. The highest BCUT2D eigenvalue weighted by molar-refractivity contribution is 5.05. The van der Waals surface area contributed by atoms with Crippen LogP contribution >= 0.6 is 0 Å². The molecule has 0 radical (unpaired) electrons. The molecule has 3 atom stereocenters. The Labute approximate surface area is 136 Å². The Kier molecular flexibility index (Phi) is 4.41. The molecular weight excluding hydrogens is 292 g/mol. The molecule has 2 aromatic heterocycles. The number of likely N-dealkylation sites (tertiary alicyclic amines) is 1. The molecule has 23 heavy (non-hydrogen) atoms. The molecule has 0 bridgehead atoms. The molecule has 0 aromatic carbocycles. The maximum Gasteiger partial charge on any atom is 0.117 e. The monoisotopic (exact) mass is 314 g/mol. The highest BCUT2D eigenvalue weighted by Gasteiger charge is 2.44. The van der Waals surface area contributed by atoms with Crippen molar-refractivity contribution in [2.75, 3.05) is 13.2 Å². The van der Waals surface area contributed by atoms with E-state index in [4.69, 9.17) is 13.9 Å². The van der Waals surface area contributed by atoms with Crippen molar-refractivity contribution in [2.45, 2.75) is 44.2 Å². The number of ether oxygens (including phenoxy) is 2. The van der Waals surface area contributed by atoms with Crippen LogP contribution in [-0.2, 0) is 22.6 Å². The number of rotatable bonds is 5. The molecule has 5 heteroatoms. The van der Waals surface area contributed by atoms with Gasteiger partial charge in [0.25, 0.3) is 0 Å². The minimum Gasteiger partial charge on any atom is -0.468 e. The summed E-state index contributed by atoms with van der Waals surface area (Å²) in [7, 11) is 0. The predicted molar refractivity (Wildman–Crippen MR) is 84.7 cm³/mol. The lowest BCUT2D eigenvalue weighted by molar-refractivity contribution is -0.0825. The van der Waals surface area contributed by atoms with Gasteiger partial charge < -0.3 is 13.9 Å². The van der Waals surface area contributed by atoms with E-state index < -0.39 is 0 Å². The van der Waals surface area contributed by atoms with Crippen molar-refractivity contribution >= 4 is 0 Å². The summed E-state index contributed by atoms with van der Waals surface area (Å²) in [6, 6.07) is 10.3. The average Bonchev–Trinajstić information content (AvgIpc) is 3.23. The van der Waals surface area contributed by atoms with Crippen LogP contribution in [0.4, 0.5) is 0 Å². The highest BCUT2D eigenvalue weighted by Crippen LogP contribution is 2.32. The summed E-state index contributed by atoms with van der Waals surface area (Å²) in [6.45, 7) is 3.07. The van der Waals surface area contributed by atoms with Crippen LogP contribution in [0.2, 0.25) is 0 Å². The largest absolute Gasteiger partial charge is 0.468 e. The SMILES string of the molecule is c1ccc(CO[C@@H]2CN(Cc3ccco3)[C@H]3CCCO[C@@H]23)nc1. The van der Waals surface area contributed by atoms with E-state index in [-0.39, 0.29) is 12.2 Å². The van der Waals surface area contributed by atoms with Crippen molar-refractivity contribution in [2.24, 2.45) is 0 Å². The van der Waals surface area contributed by atoms with E-state index in [1.807, 2.05) is 30.3 Å². The Morgan fingerprint density at radius 1 is 1.26 bits per heavy atom. The second-order valence-electron chi connectivity index (χ2n) is 6.22. The first-order valence-corrected chi connectivity index (χ1v) is 8.30. The summed E-state index contributed by atoms with van der Waals surface area (Å²) in [5.74, 6) is 1.000. The summed E-state index contributed by atoms with van der Waals surface area (Å²) >= 11 is 0. The molecule has 0 spiro atoms. The molecule has 2 saturated heterocycles. The van der Waals surface area contributed by atoms with Gasteiger partial charge in [0.2, 0.25) is 0 Å². The first kappa shape index (κ1) is 14.9. The third-order valence-electron chi connectivity index (χ3n) is 4.69. The molecule has 0 amide bonds. The van der Waals surface area contributed by atoms with Gasteiger partial charge in [0.05, 0.1) is 31.2 Å². The van der Waals surface area contributed by atoms with E-state index in [1.54, 1.807) is 12.5 Å². The molecule has 0 aliphatic carbocycles. The first-order valence-electron chi connectivity index (χ1n) is 8.30. The van der Waals surface area contributed by atoms with Crippen LogP contribution in [0.25, 0.3) is 0 Å². The summed E-state index contributed by atoms with van der Waals surface area (Å²) in [5, 5.41) is 0. The van der Waals surface area contributed by atoms with Crippen LogP contribution in [0, 0.1) is 0 Å². The molecule has 5 nitrogen and oxygen atoms in total. The van der Waals surface area contributed by atoms with Crippen LogP contribution in [-0.4, -0.2) is 41.3 Å². The zero-order valence-electron chi connectivity index (χ0n) is 13.1. The number of aromatic nitrogens is 1. The Morgan fingerprint density at radius 3 is 3.09 bits per heavy atom. The van der Waals surface area contributed by atoms with Crippen molar-refractivity contribution < 1.29 is 13.9 Å². The number of pyridine rings is 1. The lowest BCUT2D eigenvalue weighted by Gasteiger charge is -2.31. The maximum absolute atomic E-state index is 6.15. The Balaban J connectivity index is 1.42. The molecule has 2 aromatic rings. The molecular formula is C18H22N2O3. The number of hydrogen-bond donors (Lipinski definition) is 0. The van der Waals surface area contributed by atoms with E-state index in [2.05, 4.69) is 9.88 Å². The number of hydrogen-bond acceptors (Lipinski definition) is 5. The molecule has 122 valence electrons. The Morgan fingerprint density at radius 2 is 2.26 bits per heavy atom. The van der Waals surface area contributed by atoms with Gasteiger partial charge in [-0.1, -0.05) is 6.07 Å². The van der Waals surface area contributed by atoms with Crippen molar-refractivity contribution in [1.29, 1.82) is 0 Å². The van der Waals surface area contributed by atoms with Gasteiger partial charge in [-0.2, -0.15) is 0 Å². The van der Waals surface area contributed by atoms with Crippen LogP contribution in [0.5, 0.6) is 0 Å². The summed E-state index contributed by atoms with van der Waals surface area (Å²) in [4.78, 5) is 6.77. The fourth-order valence-electron chi connectivity index (χ4n) is 3.61. The quantitative estimate of drug-likeness (QED) is 0.849. The van der Waals surface area contributed by atoms with Gasteiger partial charge >= 0.3 is 0 Å². The van der Waals surface area contributed by atoms with Gasteiger partial charge in [-0.15, -0.1) is 0 Å². The predicted octanol–water partition coefficient (Wildman–Crippen LogP) is 2.62. The second kappa shape index (κ2) is 6.83. The van der Waals surface area contributed by atoms with Gasteiger partial charge in [-0.05, 0) is 37.1 Å². The van der Waals surface area contributed by atoms with Crippen LogP contribution in [0.1, 0.15) is 24.3 Å². The molecule has 4 heterocycles. The van der Waals surface area contributed by atoms with Crippen molar-refractivity contribution in [3.05, 3.63) is 54.2 Å². The third-order valence-corrected chi connectivity index (χ3v) is 4.69. The van der Waals surface area contributed by atoms with Crippen LogP contribution < -0.4 is 0 Å². The summed E-state index contributed by atoms with van der Waals surface area (Å²) in [6.07, 6.45) is 6.06. The standard InChI is InChI=1S/C18H22N2O3/c1-2-8-19-14(5-1)13-23-17-12-20(11-15-6-3-9-21-15)16-7-4-10-22-18(16)17/h1-3,5-6,8-9,16-18H,4,7,10-13H2/t16-,17+,18+/m0/s1. The van der Waals surface area contributed by atoms with Gasteiger partial charge in [0.1, 0.15) is 11.9 Å². The molecule has 0 N–H and O–H groups in total. The van der Waals surface area contributed by atoms with Crippen LogP contribution in [0.3, 0.4) is 0 Å². The van der Waals surface area contributed by atoms with E-state index in [1.165, 1.54) is 0 Å². The molecule has 4 rings (SSSR count).